The summed E-state index contributed by atoms with van der Waals surface area (Å²) in [6.45, 7) is 4.69. The largest absolute Gasteiger partial charge is 0.508 e. The number of aromatic hydroxyl groups is 1. The number of nitrogens with one attached hydrogen (secondary N) is 1. The molecule has 0 spiro atoms. The van der Waals surface area contributed by atoms with Crippen LogP contribution < -0.4 is 10.9 Å². The quantitative estimate of drug-likeness (QED) is 0.509. The molecule has 0 atom stereocenters. The van der Waals surface area contributed by atoms with Crippen molar-refractivity contribution in [3.8, 4) is 5.75 Å². The van der Waals surface area contributed by atoms with Gasteiger partial charge < -0.3 is 14.8 Å². The van der Waals surface area contributed by atoms with Crippen molar-refractivity contribution in [2.75, 3.05) is 11.9 Å². The zero-order valence-corrected chi connectivity index (χ0v) is 15.0. The van der Waals surface area contributed by atoms with Gasteiger partial charge in [-0.25, -0.2) is 4.79 Å². The number of phenolic OH excluding ortho intramolecular Hbond substituents is 1. The fraction of sp³-hybridized carbons (Fsp3) is 0.312. The van der Waals surface area contributed by atoms with E-state index in [1.165, 1.54) is 29.2 Å². The van der Waals surface area contributed by atoms with Gasteiger partial charge in [-0.2, -0.15) is 0 Å². The molecule has 0 radical (unpaired) electrons. The van der Waals surface area contributed by atoms with E-state index in [1.807, 2.05) is 0 Å². The fourth-order valence-corrected chi connectivity index (χ4v) is 4.01. The summed E-state index contributed by atoms with van der Waals surface area (Å²) in [4.78, 5) is 11.8. The van der Waals surface area contributed by atoms with E-state index in [4.69, 9.17) is 4.42 Å². The molecule has 24 heavy (non-hydrogen) atoms. The van der Waals surface area contributed by atoms with Crippen molar-refractivity contribution >= 4 is 39.2 Å². The molecule has 0 amide bonds. The third-order valence-electron chi connectivity index (χ3n) is 3.50. The maximum atomic E-state index is 11.8. The summed E-state index contributed by atoms with van der Waals surface area (Å²) in [5.74, 6) is 0.695. The molecule has 0 saturated heterocycles. The Morgan fingerprint density at radius 3 is 3.00 bits per heavy atom. The van der Waals surface area contributed by atoms with Gasteiger partial charge in [0.1, 0.15) is 11.3 Å². The lowest BCUT2D eigenvalue weighted by atomic mass is 10.1. The van der Waals surface area contributed by atoms with Gasteiger partial charge in [0, 0.05) is 29.3 Å². The van der Waals surface area contributed by atoms with Gasteiger partial charge in [0.05, 0.1) is 0 Å². The van der Waals surface area contributed by atoms with Crippen molar-refractivity contribution in [1.29, 1.82) is 0 Å². The Morgan fingerprint density at radius 2 is 2.21 bits per heavy atom. The lowest BCUT2D eigenvalue weighted by Gasteiger charge is -2.07. The van der Waals surface area contributed by atoms with Gasteiger partial charge in [0.25, 0.3) is 0 Å². The number of phenols is 1. The lowest BCUT2D eigenvalue weighted by Crippen LogP contribution is -2.00. The first-order valence-electron chi connectivity index (χ1n) is 7.54. The molecular formula is C16H17N3O3S2. The smallest absolute Gasteiger partial charge is 0.336 e. The van der Waals surface area contributed by atoms with E-state index in [0.29, 0.717) is 16.9 Å². The van der Waals surface area contributed by atoms with Crippen LogP contribution in [0.5, 0.6) is 5.75 Å². The Kier molecular flexibility index (Phi) is 5.06. The van der Waals surface area contributed by atoms with E-state index in [2.05, 4.69) is 22.4 Å². The van der Waals surface area contributed by atoms with Gasteiger partial charge in [0.2, 0.25) is 5.13 Å². The van der Waals surface area contributed by atoms with E-state index in [-0.39, 0.29) is 5.75 Å². The summed E-state index contributed by atoms with van der Waals surface area (Å²) in [6.07, 6.45) is 1.03. The second kappa shape index (κ2) is 7.23. The molecule has 0 aliphatic rings. The molecule has 0 aliphatic carbocycles. The predicted octanol–water partition coefficient (Wildman–Crippen LogP) is 3.77. The van der Waals surface area contributed by atoms with Crippen LogP contribution in [0.1, 0.15) is 24.5 Å². The van der Waals surface area contributed by atoms with Crippen LogP contribution in [0.4, 0.5) is 5.13 Å². The van der Waals surface area contributed by atoms with Crippen molar-refractivity contribution in [3.63, 3.8) is 0 Å². The summed E-state index contributed by atoms with van der Waals surface area (Å²) in [5.41, 5.74) is 1.43. The first-order chi connectivity index (χ1) is 11.6. The maximum Gasteiger partial charge on any atom is 0.336 e. The second-order valence-electron chi connectivity index (χ2n) is 5.27. The molecule has 2 N–H and O–H groups in total. The second-order valence-corrected chi connectivity index (χ2v) is 7.47. The molecule has 1 aromatic carbocycles. The Balaban J connectivity index is 1.84. The number of hydrogen-bond acceptors (Lipinski definition) is 8. The summed E-state index contributed by atoms with van der Waals surface area (Å²) < 4.78 is 6.09. The van der Waals surface area contributed by atoms with Gasteiger partial charge in [0.15, 0.2) is 4.34 Å². The SMILES string of the molecule is CCCNc1nnc(SCc2cc(=O)oc3c(C)c(O)ccc23)s1. The third-order valence-corrected chi connectivity index (χ3v) is 5.56. The summed E-state index contributed by atoms with van der Waals surface area (Å²) >= 11 is 3.02. The van der Waals surface area contributed by atoms with Gasteiger partial charge in [-0.15, -0.1) is 10.2 Å². The van der Waals surface area contributed by atoms with Gasteiger partial charge in [-0.3, -0.25) is 0 Å². The first kappa shape index (κ1) is 16.8. The van der Waals surface area contributed by atoms with Crippen molar-refractivity contribution in [2.45, 2.75) is 30.4 Å². The molecular weight excluding hydrogens is 346 g/mol. The molecule has 0 bridgehead atoms. The molecule has 2 aromatic heterocycles. The van der Waals surface area contributed by atoms with Crippen LogP contribution in [0, 0.1) is 6.92 Å². The number of rotatable bonds is 6. The van der Waals surface area contributed by atoms with Gasteiger partial charge >= 0.3 is 5.63 Å². The minimum atomic E-state index is -0.422. The minimum absolute atomic E-state index is 0.117. The van der Waals surface area contributed by atoms with Crippen LogP contribution in [-0.2, 0) is 5.75 Å². The molecule has 126 valence electrons. The Hall–Kier alpha value is -2.06. The van der Waals surface area contributed by atoms with Crippen LogP contribution >= 0.6 is 23.1 Å². The minimum Gasteiger partial charge on any atom is -0.508 e. The van der Waals surface area contributed by atoms with Crippen molar-refractivity contribution in [3.05, 3.63) is 39.7 Å². The lowest BCUT2D eigenvalue weighted by molar-refractivity contribution is 0.468. The van der Waals surface area contributed by atoms with Crippen molar-refractivity contribution in [2.24, 2.45) is 0 Å². The number of anilines is 1. The molecule has 0 unspecified atom stereocenters. The normalized spacial score (nSPS) is 11.1. The molecule has 0 fully saturated rings. The highest BCUT2D eigenvalue weighted by atomic mass is 32.2. The zero-order chi connectivity index (χ0) is 17.1. The average molecular weight is 363 g/mol. The molecule has 0 saturated carbocycles. The highest BCUT2D eigenvalue weighted by Gasteiger charge is 2.12. The number of aryl methyl sites for hydroxylation is 1. The van der Waals surface area contributed by atoms with Crippen LogP contribution in [0.15, 0.2) is 31.8 Å². The van der Waals surface area contributed by atoms with Crippen LogP contribution in [0.3, 0.4) is 0 Å². The van der Waals surface area contributed by atoms with E-state index in [9.17, 15) is 9.90 Å². The summed E-state index contributed by atoms with van der Waals surface area (Å²) in [5, 5.41) is 22.9. The highest BCUT2D eigenvalue weighted by molar-refractivity contribution is 8.00. The third kappa shape index (κ3) is 3.54. The van der Waals surface area contributed by atoms with E-state index in [1.54, 1.807) is 19.1 Å². The van der Waals surface area contributed by atoms with Crippen molar-refractivity contribution in [1.82, 2.24) is 10.2 Å². The number of fused-ring (bicyclic) bond motifs is 1. The number of hydrogen-bond donors (Lipinski definition) is 2. The Bertz CT molecular complexity index is 921. The maximum absolute atomic E-state index is 11.8. The average Bonchev–Trinajstić information content (AvgIpc) is 3.02. The zero-order valence-electron chi connectivity index (χ0n) is 13.3. The molecule has 2 heterocycles. The number of nitrogens with zero attached hydrogens (tertiary/aromatic N) is 2. The Morgan fingerprint density at radius 1 is 1.38 bits per heavy atom. The summed E-state index contributed by atoms with van der Waals surface area (Å²) in [6, 6.07) is 4.87. The molecule has 3 rings (SSSR count). The Labute approximate surface area is 146 Å². The van der Waals surface area contributed by atoms with Crippen LogP contribution in [-0.4, -0.2) is 21.8 Å². The number of benzene rings is 1. The fourth-order valence-electron chi connectivity index (χ4n) is 2.25. The molecule has 0 aliphatic heterocycles. The summed E-state index contributed by atoms with van der Waals surface area (Å²) in [7, 11) is 0. The first-order valence-corrected chi connectivity index (χ1v) is 9.34. The van der Waals surface area contributed by atoms with Crippen LogP contribution in [0.2, 0.25) is 0 Å². The van der Waals surface area contributed by atoms with Gasteiger partial charge in [-0.1, -0.05) is 30.0 Å². The monoisotopic (exact) mass is 363 g/mol. The molecule has 8 heteroatoms. The van der Waals surface area contributed by atoms with E-state index >= 15 is 0 Å². The van der Waals surface area contributed by atoms with E-state index < -0.39 is 5.63 Å². The highest BCUT2D eigenvalue weighted by Crippen LogP contribution is 2.32. The standard InChI is InChI=1S/C16H17N3O3S2/c1-3-6-17-15-18-19-16(24-15)23-8-10-7-13(21)22-14-9(2)12(20)5-4-11(10)14/h4-5,7,20H,3,6,8H2,1-2H3,(H,17,18). The van der Waals surface area contributed by atoms with Gasteiger partial charge in [-0.05, 0) is 31.0 Å². The number of aromatic nitrogens is 2. The van der Waals surface area contributed by atoms with E-state index in [0.717, 1.165) is 33.4 Å². The van der Waals surface area contributed by atoms with Crippen LogP contribution in [0.25, 0.3) is 11.0 Å². The van der Waals surface area contributed by atoms with Crippen molar-refractivity contribution < 1.29 is 9.52 Å². The predicted molar refractivity (Wildman–Crippen MR) is 97.1 cm³/mol. The molecule has 3 aromatic rings. The molecule has 6 nitrogen and oxygen atoms in total. The topological polar surface area (TPSA) is 88.3 Å². The number of thioether (sulfide) groups is 1.